The number of aromatic amines is 1. The highest BCUT2D eigenvalue weighted by atomic mass is 79.9. The van der Waals surface area contributed by atoms with Gasteiger partial charge < -0.3 is 10.3 Å². The van der Waals surface area contributed by atoms with Crippen LogP contribution in [0.5, 0.6) is 0 Å². The predicted molar refractivity (Wildman–Crippen MR) is 84.9 cm³/mol. The Morgan fingerprint density at radius 2 is 2.25 bits per heavy atom. The van der Waals surface area contributed by atoms with Gasteiger partial charge in [0.15, 0.2) is 0 Å². The highest BCUT2D eigenvalue weighted by molar-refractivity contribution is 9.11. The van der Waals surface area contributed by atoms with Crippen LogP contribution in [0, 0.1) is 0 Å². The van der Waals surface area contributed by atoms with Crippen LogP contribution in [0.2, 0.25) is 0 Å². The number of hydrogen-bond donors (Lipinski definition) is 2. The summed E-state index contributed by atoms with van der Waals surface area (Å²) < 4.78 is 1.15. The maximum Gasteiger partial charge on any atom is 0.220 e. The molecule has 2 N–H and O–H groups in total. The Morgan fingerprint density at radius 3 is 2.95 bits per heavy atom. The van der Waals surface area contributed by atoms with Crippen LogP contribution in [0.4, 0.5) is 0 Å². The lowest BCUT2D eigenvalue weighted by atomic mass is 10.2. The van der Waals surface area contributed by atoms with E-state index < -0.39 is 0 Å². The third kappa shape index (κ3) is 5.46. The number of halogens is 1. The minimum atomic E-state index is 0.139. The Balaban J connectivity index is 1.52. The second-order valence-electron chi connectivity index (χ2n) is 4.55. The van der Waals surface area contributed by atoms with Crippen LogP contribution in [-0.4, -0.2) is 22.4 Å². The lowest BCUT2D eigenvalue weighted by molar-refractivity contribution is -0.121. The zero-order valence-corrected chi connectivity index (χ0v) is 13.6. The maximum absolute atomic E-state index is 11.7. The first-order chi connectivity index (χ1) is 9.74. The SMILES string of the molecule is O=C(CCCc1ccc(Br)s1)NCCCc1ncc[nH]1. The van der Waals surface area contributed by atoms with E-state index in [0.717, 1.165) is 35.3 Å². The number of carbonyl (C=O) groups is 1. The largest absolute Gasteiger partial charge is 0.356 e. The Hall–Kier alpha value is -1.14. The van der Waals surface area contributed by atoms with Gasteiger partial charge in [-0.2, -0.15) is 0 Å². The molecule has 6 heteroatoms. The van der Waals surface area contributed by atoms with Crippen molar-refractivity contribution in [2.45, 2.75) is 32.1 Å². The van der Waals surface area contributed by atoms with Crippen molar-refractivity contribution in [3.8, 4) is 0 Å². The molecule has 0 aliphatic carbocycles. The van der Waals surface area contributed by atoms with Gasteiger partial charge in [0.1, 0.15) is 5.82 Å². The molecule has 0 atom stereocenters. The van der Waals surface area contributed by atoms with Gasteiger partial charge in [0.05, 0.1) is 3.79 Å². The summed E-state index contributed by atoms with van der Waals surface area (Å²) in [5.41, 5.74) is 0. The lowest BCUT2D eigenvalue weighted by Crippen LogP contribution is -2.24. The predicted octanol–water partition coefficient (Wildman–Crippen LogP) is 3.31. The van der Waals surface area contributed by atoms with E-state index in [1.54, 1.807) is 17.5 Å². The van der Waals surface area contributed by atoms with E-state index >= 15 is 0 Å². The van der Waals surface area contributed by atoms with Crippen molar-refractivity contribution in [2.75, 3.05) is 6.54 Å². The summed E-state index contributed by atoms with van der Waals surface area (Å²) in [6.45, 7) is 0.712. The van der Waals surface area contributed by atoms with E-state index in [-0.39, 0.29) is 5.91 Å². The summed E-state index contributed by atoms with van der Waals surface area (Å²) in [4.78, 5) is 20.2. The minimum absolute atomic E-state index is 0.139. The molecule has 0 saturated carbocycles. The molecule has 108 valence electrons. The molecule has 0 bridgehead atoms. The first-order valence-corrected chi connectivity index (χ1v) is 8.34. The Bertz CT molecular complexity index is 524. The number of thiophene rings is 1. The highest BCUT2D eigenvalue weighted by Crippen LogP contribution is 2.23. The van der Waals surface area contributed by atoms with E-state index in [9.17, 15) is 4.79 Å². The molecule has 2 aromatic heterocycles. The minimum Gasteiger partial charge on any atom is -0.356 e. The molecule has 0 unspecified atom stereocenters. The molecule has 2 aromatic rings. The van der Waals surface area contributed by atoms with E-state index in [4.69, 9.17) is 0 Å². The van der Waals surface area contributed by atoms with Crippen LogP contribution < -0.4 is 5.32 Å². The number of imidazole rings is 1. The van der Waals surface area contributed by atoms with Gasteiger partial charge in [-0.25, -0.2) is 4.98 Å². The smallest absolute Gasteiger partial charge is 0.220 e. The zero-order valence-electron chi connectivity index (χ0n) is 11.2. The third-order valence-corrected chi connectivity index (χ3v) is 4.61. The molecule has 0 radical (unpaired) electrons. The number of carbonyl (C=O) groups excluding carboxylic acids is 1. The van der Waals surface area contributed by atoms with E-state index in [1.807, 2.05) is 6.20 Å². The number of aromatic nitrogens is 2. The normalized spacial score (nSPS) is 10.7. The first kappa shape index (κ1) is 15.3. The Kier molecular flexibility index (Phi) is 6.26. The third-order valence-electron chi connectivity index (χ3n) is 2.92. The topological polar surface area (TPSA) is 57.8 Å². The summed E-state index contributed by atoms with van der Waals surface area (Å²) in [5.74, 6) is 1.11. The molecule has 0 aliphatic heterocycles. The van der Waals surface area contributed by atoms with Crippen molar-refractivity contribution in [2.24, 2.45) is 0 Å². The molecule has 0 aromatic carbocycles. The van der Waals surface area contributed by atoms with Crippen molar-refractivity contribution >= 4 is 33.2 Å². The lowest BCUT2D eigenvalue weighted by Gasteiger charge is -2.04. The number of hydrogen-bond acceptors (Lipinski definition) is 3. The standard InChI is InChI=1S/C14H18BrN3OS/c15-12-7-6-11(20-12)3-1-5-14(19)18-8-2-4-13-16-9-10-17-13/h6-7,9-10H,1-5,8H2,(H,16,17)(H,18,19). The molecule has 0 spiro atoms. The van der Waals surface area contributed by atoms with Crippen LogP contribution in [0.25, 0.3) is 0 Å². The van der Waals surface area contributed by atoms with Crippen molar-refractivity contribution in [1.29, 1.82) is 0 Å². The molecular formula is C14H18BrN3OS. The van der Waals surface area contributed by atoms with Crippen LogP contribution >= 0.6 is 27.3 Å². The van der Waals surface area contributed by atoms with Crippen LogP contribution in [0.15, 0.2) is 28.3 Å². The second-order valence-corrected chi connectivity index (χ2v) is 7.10. The quantitative estimate of drug-likeness (QED) is 0.713. The summed E-state index contributed by atoms with van der Waals surface area (Å²) in [6, 6.07) is 4.16. The maximum atomic E-state index is 11.7. The average molecular weight is 356 g/mol. The number of rotatable bonds is 8. The monoisotopic (exact) mass is 355 g/mol. The molecule has 0 aliphatic rings. The highest BCUT2D eigenvalue weighted by Gasteiger charge is 2.03. The van der Waals surface area contributed by atoms with Gasteiger partial charge in [-0.05, 0) is 47.3 Å². The van der Waals surface area contributed by atoms with Gasteiger partial charge in [0.25, 0.3) is 0 Å². The average Bonchev–Trinajstić information content (AvgIpc) is 3.06. The summed E-state index contributed by atoms with van der Waals surface area (Å²) in [5, 5.41) is 2.95. The van der Waals surface area contributed by atoms with Crippen molar-refractivity contribution in [1.82, 2.24) is 15.3 Å². The van der Waals surface area contributed by atoms with Gasteiger partial charge in [-0.15, -0.1) is 11.3 Å². The Labute approximate surface area is 131 Å². The number of nitrogens with zero attached hydrogens (tertiary/aromatic N) is 1. The van der Waals surface area contributed by atoms with Crippen LogP contribution in [0.1, 0.15) is 30.0 Å². The van der Waals surface area contributed by atoms with Gasteiger partial charge >= 0.3 is 0 Å². The second kappa shape index (κ2) is 8.21. The zero-order chi connectivity index (χ0) is 14.2. The fourth-order valence-corrected chi connectivity index (χ4v) is 3.44. The van der Waals surface area contributed by atoms with Gasteiger partial charge in [-0.3, -0.25) is 4.79 Å². The number of nitrogens with one attached hydrogen (secondary N) is 2. The summed E-state index contributed by atoms with van der Waals surface area (Å²) >= 11 is 5.18. The van der Waals surface area contributed by atoms with Crippen molar-refractivity contribution < 1.29 is 4.79 Å². The molecular weight excluding hydrogens is 338 g/mol. The molecule has 0 saturated heterocycles. The molecule has 2 rings (SSSR count). The molecule has 0 fully saturated rings. The fourth-order valence-electron chi connectivity index (χ4n) is 1.92. The number of aryl methyl sites for hydroxylation is 2. The van der Waals surface area contributed by atoms with Gasteiger partial charge in [0.2, 0.25) is 5.91 Å². The van der Waals surface area contributed by atoms with E-state index in [2.05, 4.69) is 43.3 Å². The first-order valence-electron chi connectivity index (χ1n) is 6.73. The van der Waals surface area contributed by atoms with Gasteiger partial charge in [-0.1, -0.05) is 0 Å². The number of amides is 1. The fraction of sp³-hybridized carbons (Fsp3) is 0.429. The van der Waals surface area contributed by atoms with Crippen molar-refractivity contribution in [3.05, 3.63) is 39.0 Å². The van der Waals surface area contributed by atoms with Gasteiger partial charge in [0, 0.05) is 36.7 Å². The molecule has 2 heterocycles. The van der Waals surface area contributed by atoms with Crippen molar-refractivity contribution in [3.63, 3.8) is 0 Å². The van der Waals surface area contributed by atoms with Crippen LogP contribution in [0.3, 0.4) is 0 Å². The van der Waals surface area contributed by atoms with E-state index in [0.29, 0.717) is 13.0 Å². The number of H-pyrrole nitrogens is 1. The summed E-state index contributed by atoms with van der Waals surface area (Å²) in [7, 11) is 0. The molecule has 4 nitrogen and oxygen atoms in total. The Morgan fingerprint density at radius 1 is 1.35 bits per heavy atom. The molecule has 1 amide bonds. The summed E-state index contributed by atoms with van der Waals surface area (Å²) in [6.07, 6.45) is 7.81. The molecule has 20 heavy (non-hydrogen) atoms. The van der Waals surface area contributed by atoms with E-state index in [1.165, 1.54) is 4.88 Å². The van der Waals surface area contributed by atoms with Crippen LogP contribution in [-0.2, 0) is 17.6 Å².